The molecule has 0 spiro atoms. The molecule has 4 atom stereocenters. The average Bonchev–Trinajstić information content (AvgIpc) is 4.21. The first-order valence-corrected chi connectivity index (χ1v) is 28.4. The summed E-state index contributed by atoms with van der Waals surface area (Å²) in [6.45, 7) is 0.00354. The molecule has 12 rings (SSSR count). The largest absolute Gasteiger partial charge is 0.343 e. The summed E-state index contributed by atoms with van der Waals surface area (Å²) in [7, 11) is 4.17. The number of thiazole rings is 2. The predicted molar refractivity (Wildman–Crippen MR) is 305 cm³/mol. The first kappa shape index (κ1) is 50.6. The van der Waals surface area contributed by atoms with Crippen LogP contribution < -0.4 is 24.4 Å². The van der Waals surface area contributed by atoms with E-state index < -0.39 is 36.4 Å². The maximum absolute atomic E-state index is 14.3. The van der Waals surface area contributed by atoms with E-state index in [0.29, 0.717) is 15.5 Å². The first-order valence-electron chi connectivity index (χ1n) is 25.1. The van der Waals surface area contributed by atoms with Crippen molar-refractivity contribution in [2.45, 2.75) is 35.2 Å². The number of allylic oxidation sites excluding steroid dienone is 6. The summed E-state index contributed by atoms with van der Waals surface area (Å²) >= 11 is 6.12. The van der Waals surface area contributed by atoms with Crippen molar-refractivity contribution in [2.75, 3.05) is 21.8 Å². The van der Waals surface area contributed by atoms with Crippen LogP contribution in [-0.4, -0.2) is 62.4 Å². The monoisotopic (exact) mass is 1110 g/mol. The van der Waals surface area contributed by atoms with Crippen LogP contribution in [0.1, 0.15) is 22.9 Å². The van der Waals surface area contributed by atoms with E-state index in [0.717, 1.165) is 53.6 Å². The van der Waals surface area contributed by atoms with Crippen LogP contribution in [0.15, 0.2) is 214 Å². The number of Topliss-reactive ketones (excluding diaryl/α,β-unsaturated/α-hetero) is 1. The summed E-state index contributed by atoms with van der Waals surface area (Å²) in [5, 5.41) is 14.5. The normalized spacial score (nSPS) is 20.6. The Morgan fingerprint density at radius 2 is 1.17 bits per heavy atom. The van der Waals surface area contributed by atoms with Crippen molar-refractivity contribution in [3.05, 3.63) is 213 Å². The molecule has 5 aliphatic rings. The lowest BCUT2D eigenvalue weighted by molar-refractivity contribution is -0.642. The van der Waals surface area contributed by atoms with E-state index in [-0.39, 0.29) is 30.5 Å². The lowest BCUT2D eigenvalue weighted by Crippen LogP contribution is -2.42. The molecule has 2 aliphatic carbocycles. The fraction of sp³-hybridized carbons (Fsp3) is 0.153. The molecule has 3 aromatic heterocycles. The summed E-state index contributed by atoms with van der Waals surface area (Å²) < 4.78 is 8.32. The number of hydrogen-bond acceptors (Lipinski definition) is 14. The minimum Gasteiger partial charge on any atom is -0.328 e. The Morgan fingerprint density at radius 1 is 0.679 bits per heavy atom. The van der Waals surface area contributed by atoms with Crippen molar-refractivity contribution in [1.82, 2.24) is 20.1 Å². The van der Waals surface area contributed by atoms with Gasteiger partial charge in [-0.25, -0.2) is 14.3 Å². The zero-order valence-electron chi connectivity index (χ0n) is 42.1. The SMILES string of the molecule is C[n+]1c(/C=C2\C=C(Sc3nnc(SC4=C/C(=C\c5sc6ccccc6[n+]5C)C5C=CC=CC5N4c4ccccc4)n3NC(=O)CC(=O)CC(=O)ON3OCC=CC3=O)N(c3ccccc3)C3C=CC=CC23)sc2ccccc21. The highest BCUT2D eigenvalue weighted by molar-refractivity contribution is 8.03. The number of hydrogen-bond donors (Lipinski definition) is 1. The van der Waals surface area contributed by atoms with Gasteiger partial charge in [0.15, 0.2) is 5.78 Å². The summed E-state index contributed by atoms with van der Waals surface area (Å²) in [5.41, 5.74) is 9.30. The standard InChI is InChI=1S/C59H48N9O6S4/c1-63-47-26-13-15-28-49(47)75-53(63)32-38-34-55(65(40-18-5-3-6-19-40)45-24-11-9-22-43(38)45)77-58-60-61-59(67(58)62-51(70)36-42(69)37-57(72)74-68-52(71)30-17-31-73-68)78-56-35-39(33-54-64(2)48-27-14-16-29-50(48)76-54)44-23-10-12-25-46(44)66(56)41-20-7-4-8-21-41/h3-30,32-35,43-46H,31,36-37H2,1-2H3/q+1/p+1. The number of nitrogens with zero attached hydrogens (tertiary/aromatic N) is 8. The van der Waals surface area contributed by atoms with E-state index in [1.807, 2.05) is 36.4 Å². The maximum atomic E-state index is 14.3. The van der Waals surface area contributed by atoms with Gasteiger partial charge in [-0.05, 0) is 88.4 Å². The molecule has 2 amide bonds. The third-order valence-electron chi connectivity index (χ3n) is 13.7. The van der Waals surface area contributed by atoms with Gasteiger partial charge in [0.2, 0.25) is 27.3 Å². The highest BCUT2D eigenvalue weighted by atomic mass is 32.2. The number of ketones is 1. The molecule has 15 nitrogen and oxygen atoms in total. The second-order valence-corrected chi connectivity index (χ2v) is 22.8. The number of aromatic nitrogens is 5. The predicted octanol–water partition coefficient (Wildman–Crippen LogP) is 9.86. The van der Waals surface area contributed by atoms with E-state index >= 15 is 0 Å². The number of amides is 2. The second kappa shape index (κ2) is 22.0. The number of carbonyl (C=O) groups excluding carboxylic acids is 4. The van der Waals surface area contributed by atoms with Gasteiger partial charge in [-0.15, -0.1) is 10.2 Å². The molecular formula is C59H49N9O6S4+2. The van der Waals surface area contributed by atoms with Crippen molar-refractivity contribution >= 4 is 114 Å². The maximum Gasteiger partial charge on any atom is 0.343 e. The molecule has 0 saturated carbocycles. The summed E-state index contributed by atoms with van der Waals surface area (Å²) in [6, 6.07) is 36.8. The molecule has 0 saturated heterocycles. The molecule has 78 heavy (non-hydrogen) atoms. The van der Waals surface area contributed by atoms with E-state index in [1.165, 1.54) is 49.8 Å². The van der Waals surface area contributed by atoms with Gasteiger partial charge in [0, 0.05) is 53.6 Å². The van der Waals surface area contributed by atoms with Crippen molar-refractivity contribution < 1.29 is 38.0 Å². The second-order valence-electron chi connectivity index (χ2n) is 18.7. The number of aryl methyl sites for hydroxylation is 2. The zero-order valence-corrected chi connectivity index (χ0v) is 45.3. The molecular weight excluding hydrogens is 1060 g/mol. The Balaban J connectivity index is 0.956. The lowest BCUT2D eigenvalue weighted by Gasteiger charge is -2.42. The van der Waals surface area contributed by atoms with Gasteiger partial charge in [0.05, 0.1) is 35.2 Å². The van der Waals surface area contributed by atoms with Crippen LogP contribution in [0.25, 0.3) is 32.6 Å². The number of fused-ring (bicyclic) bond motifs is 4. The molecule has 3 aliphatic heterocycles. The van der Waals surface area contributed by atoms with Crippen LogP contribution >= 0.6 is 46.2 Å². The number of para-hydroxylation sites is 4. The Labute approximate surface area is 465 Å². The number of carbonyl (C=O) groups is 4. The Hall–Kier alpha value is -8.20. The van der Waals surface area contributed by atoms with E-state index in [4.69, 9.17) is 19.9 Å². The Morgan fingerprint density at radius 3 is 1.67 bits per heavy atom. The van der Waals surface area contributed by atoms with Gasteiger partial charge < -0.3 is 14.6 Å². The van der Waals surface area contributed by atoms with Crippen LogP contribution in [0.5, 0.6) is 0 Å². The van der Waals surface area contributed by atoms with Crippen LogP contribution in [0.4, 0.5) is 11.4 Å². The van der Waals surface area contributed by atoms with Crippen molar-refractivity contribution in [3.8, 4) is 0 Å². The highest BCUT2D eigenvalue weighted by Gasteiger charge is 2.39. The van der Waals surface area contributed by atoms with Gasteiger partial charge in [-0.1, -0.05) is 138 Å². The van der Waals surface area contributed by atoms with Crippen LogP contribution in [0, 0.1) is 11.8 Å². The third kappa shape index (κ3) is 10.3. The van der Waals surface area contributed by atoms with Crippen molar-refractivity contribution in [3.63, 3.8) is 0 Å². The fourth-order valence-corrected chi connectivity index (χ4v) is 14.3. The highest BCUT2D eigenvalue weighted by Crippen LogP contribution is 2.47. The van der Waals surface area contributed by atoms with Gasteiger partial charge >= 0.3 is 11.9 Å². The molecule has 388 valence electrons. The first-order chi connectivity index (χ1) is 38.1. The summed E-state index contributed by atoms with van der Waals surface area (Å²) in [6.07, 6.45) is 27.2. The van der Waals surface area contributed by atoms with Gasteiger partial charge in [-0.3, -0.25) is 19.8 Å². The van der Waals surface area contributed by atoms with Gasteiger partial charge in [0.25, 0.3) is 10.0 Å². The van der Waals surface area contributed by atoms with Gasteiger partial charge in [-0.2, -0.15) is 9.13 Å². The number of nitrogens with one attached hydrogen (secondary N) is 1. The Kier molecular flexibility index (Phi) is 14.3. The van der Waals surface area contributed by atoms with Crippen molar-refractivity contribution in [1.29, 1.82) is 0 Å². The number of thioether (sulfide) groups is 2. The minimum atomic E-state index is -1.06. The van der Waals surface area contributed by atoms with E-state index in [2.05, 4.69) is 184 Å². The van der Waals surface area contributed by atoms with Crippen molar-refractivity contribution in [2.24, 2.45) is 25.9 Å². The van der Waals surface area contributed by atoms with Crippen LogP contribution in [-0.2, 0) is 42.9 Å². The lowest BCUT2D eigenvalue weighted by atomic mass is 9.84. The molecule has 19 heteroatoms. The molecule has 0 bridgehead atoms. The Bertz CT molecular complexity index is 3620. The molecule has 4 unspecified atom stereocenters. The molecule has 1 N–H and O–H groups in total. The van der Waals surface area contributed by atoms with Crippen LogP contribution in [0.2, 0.25) is 0 Å². The minimum absolute atomic E-state index is 0.00354. The smallest absolute Gasteiger partial charge is 0.328 e. The van der Waals surface area contributed by atoms with Crippen LogP contribution in [0.3, 0.4) is 0 Å². The molecule has 0 fully saturated rings. The van der Waals surface area contributed by atoms with E-state index in [9.17, 15) is 19.2 Å². The average molecular weight is 1110 g/mol. The van der Waals surface area contributed by atoms with Gasteiger partial charge in [0.1, 0.15) is 29.9 Å². The van der Waals surface area contributed by atoms with E-state index in [1.54, 1.807) is 22.7 Å². The topological polar surface area (TPSA) is 147 Å². The third-order valence-corrected chi connectivity index (χ3v) is 17.9. The number of rotatable bonds is 14. The number of anilines is 2. The number of hydroxylamine groups is 2. The molecule has 6 heterocycles. The summed E-state index contributed by atoms with van der Waals surface area (Å²) in [5.74, 6) is -3.28. The fourth-order valence-electron chi connectivity index (χ4n) is 10.0. The molecule has 0 radical (unpaired) electrons. The molecule has 7 aromatic rings. The number of benzene rings is 4. The quantitative estimate of drug-likeness (QED) is 0.0817. The molecule has 4 aromatic carbocycles. The zero-order chi connectivity index (χ0) is 53.3. The summed E-state index contributed by atoms with van der Waals surface area (Å²) in [4.78, 5) is 67.5.